The van der Waals surface area contributed by atoms with Crippen LogP contribution >= 0.6 is 12.2 Å². The second-order valence-corrected chi connectivity index (χ2v) is 9.20. The van der Waals surface area contributed by atoms with Gasteiger partial charge in [-0.3, -0.25) is 13.9 Å². The highest BCUT2D eigenvalue weighted by Crippen LogP contribution is 2.40. The second kappa shape index (κ2) is 8.88. The Kier molecular flexibility index (Phi) is 5.88. The summed E-state index contributed by atoms with van der Waals surface area (Å²) in [4.78, 5) is 27.5. The monoisotopic (exact) mass is 502 g/mol. The lowest BCUT2D eigenvalue weighted by Gasteiger charge is -2.19. The second-order valence-electron chi connectivity index (χ2n) is 8.82. The van der Waals surface area contributed by atoms with Crippen molar-refractivity contribution < 1.29 is 13.5 Å². The lowest BCUT2D eigenvalue weighted by atomic mass is 10.2. The van der Waals surface area contributed by atoms with E-state index in [0.29, 0.717) is 11.5 Å². The molecule has 1 aliphatic heterocycles. The maximum Gasteiger partial charge on any atom is 0.333 e. The molecule has 0 radical (unpaired) electrons. The number of aromatic nitrogens is 2. The number of methoxy groups -OCH3 is 1. The van der Waals surface area contributed by atoms with E-state index in [-0.39, 0.29) is 40.7 Å². The summed E-state index contributed by atoms with van der Waals surface area (Å²) in [6.45, 7) is 0.213. The van der Waals surface area contributed by atoms with E-state index in [1.54, 1.807) is 16.5 Å². The number of ether oxygens (including phenoxy) is 1. The van der Waals surface area contributed by atoms with E-state index in [1.165, 1.54) is 11.7 Å². The maximum atomic E-state index is 13.9. The van der Waals surface area contributed by atoms with Crippen LogP contribution in [0.1, 0.15) is 37.8 Å². The smallest absolute Gasteiger partial charge is 0.333 e. The SMILES string of the molecule is COc1c(F)cc(NC(=S)N(C)CC#CC2Nc3c(n(C4CC4)c(=O)n(C4CC4)c3=O)N2)cc1F. The lowest BCUT2D eigenvalue weighted by Crippen LogP contribution is -2.39. The third-order valence-electron chi connectivity index (χ3n) is 6.08. The third-order valence-corrected chi connectivity index (χ3v) is 6.49. The highest BCUT2D eigenvalue weighted by atomic mass is 32.1. The Morgan fingerprint density at radius 2 is 1.80 bits per heavy atom. The fourth-order valence-corrected chi connectivity index (χ4v) is 4.19. The molecule has 1 unspecified atom stereocenters. The molecule has 2 fully saturated rings. The van der Waals surface area contributed by atoms with Gasteiger partial charge in [0.25, 0.3) is 5.56 Å². The molecule has 1 aromatic heterocycles. The quantitative estimate of drug-likeness (QED) is 0.424. The van der Waals surface area contributed by atoms with Crippen molar-refractivity contribution in [2.75, 3.05) is 36.7 Å². The summed E-state index contributed by atoms with van der Waals surface area (Å²) in [5.41, 5.74) is -0.0613. The highest BCUT2D eigenvalue weighted by Gasteiger charge is 2.37. The number of nitrogens with one attached hydrogen (secondary N) is 3. The summed E-state index contributed by atoms with van der Waals surface area (Å²) in [7, 11) is 2.87. The summed E-state index contributed by atoms with van der Waals surface area (Å²) < 4.78 is 35.6. The molecule has 12 heteroatoms. The van der Waals surface area contributed by atoms with Gasteiger partial charge in [-0.15, -0.1) is 0 Å². The van der Waals surface area contributed by atoms with Crippen molar-refractivity contribution in [3.8, 4) is 17.6 Å². The first kappa shape index (κ1) is 23.2. The molecule has 0 amide bonds. The van der Waals surface area contributed by atoms with Crippen LogP contribution in [0.25, 0.3) is 0 Å². The van der Waals surface area contributed by atoms with Crippen LogP contribution in [-0.2, 0) is 0 Å². The lowest BCUT2D eigenvalue weighted by molar-refractivity contribution is 0.360. The third kappa shape index (κ3) is 4.43. The van der Waals surface area contributed by atoms with Crippen molar-refractivity contribution in [3.63, 3.8) is 0 Å². The maximum absolute atomic E-state index is 13.9. The zero-order valence-electron chi connectivity index (χ0n) is 19.2. The van der Waals surface area contributed by atoms with Crippen molar-refractivity contribution in [2.45, 2.75) is 43.9 Å². The van der Waals surface area contributed by atoms with Gasteiger partial charge < -0.3 is 25.6 Å². The van der Waals surface area contributed by atoms with Crippen LogP contribution < -0.4 is 31.9 Å². The molecule has 9 nitrogen and oxygen atoms in total. The van der Waals surface area contributed by atoms with Crippen LogP contribution in [0.4, 0.5) is 26.0 Å². The van der Waals surface area contributed by atoms with Crippen molar-refractivity contribution in [3.05, 3.63) is 44.6 Å². The van der Waals surface area contributed by atoms with E-state index in [1.807, 2.05) is 0 Å². The van der Waals surface area contributed by atoms with E-state index in [2.05, 4.69) is 32.5 Å². The van der Waals surface area contributed by atoms with Gasteiger partial charge in [0.05, 0.1) is 13.7 Å². The minimum absolute atomic E-state index is 0.0213. The Labute approximate surface area is 205 Å². The molecule has 35 heavy (non-hydrogen) atoms. The van der Waals surface area contributed by atoms with Crippen LogP contribution in [0.2, 0.25) is 0 Å². The van der Waals surface area contributed by atoms with Crippen molar-refractivity contribution in [2.24, 2.45) is 0 Å². The van der Waals surface area contributed by atoms with E-state index < -0.39 is 23.5 Å². The number of halogens is 2. The molecule has 1 atom stereocenters. The summed E-state index contributed by atoms with van der Waals surface area (Å²) in [6.07, 6.45) is 2.95. The number of thiocarbonyl (C=S) groups is 1. The van der Waals surface area contributed by atoms with Crippen molar-refractivity contribution in [1.82, 2.24) is 14.0 Å². The first-order chi connectivity index (χ1) is 16.8. The fourth-order valence-electron chi connectivity index (χ4n) is 4.01. The number of rotatable bonds is 5. The zero-order chi connectivity index (χ0) is 24.9. The minimum Gasteiger partial charge on any atom is -0.491 e. The zero-order valence-corrected chi connectivity index (χ0v) is 20.0. The summed E-state index contributed by atoms with van der Waals surface area (Å²) in [5.74, 6) is 4.33. The largest absolute Gasteiger partial charge is 0.491 e. The fraction of sp³-hybridized carbons (Fsp3) is 0.435. The Balaban J connectivity index is 1.26. The molecule has 2 saturated carbocycles. The molecule has 184 valence electrons. The predicted octanol–water partition coefficient (Wildman–Crippen LogP) is 2.46. The predicted molar refractivity (Wildman–Crippen MR) is 132 cm³/mol. The average Bonchev–Trinajstić information content (AvgIpc) is 3.73. The number of benzene rings is 1. The molecular weight excluding hydrogens is 478 g/mol. The van der Waals surface area contributed by atoms with E-state index in [0.717, 1.165) is 37.8 Å². The number of hydrogen-bond acceptors (Lipinski definition) is 6. The molecule has 2 aromatic rings. The van der Waals surface area contributed by atoms with E-state index >= 15 is 0 Å². The van der Waals surface area contributed by atoms with Crippen LogP contribution in [0, 0.1) is 23.5 Å². The van der Waals surface area contributed by atoms with Gasteiger partial charge in [-0.25, -0.2) is 13.6 Å². The Morgan fingerprint density at radius 1 is 1.17 bits per heavy atom. The molecule has 3 aliphatic rings. The van der Waals surface area contributed by atoms with Gasteiger partial charge in [-0.05, 0) is 37.9 Å². The molecule has 2 aliphatic carbocycles. The van der Waals surface area contributed by atoms with Gasteiger partial charge in [-0.2, -0.15) is 0 Å². The molecule has 0 bridgehead atoms. The van der Waals surface area contributed by atoms with E-state index in [9.17, 15) is 18.4 Å². The number of anilines is 3. The topological polar surface area (TPSA) is 92.6 Å². The van der Waals surface area contributed by atoms with E-state index in [4.69, 9.17) is 12.2 Å². The van der Waals surface area contributed by atoms with Gasteiger partial charge in [0.1, 0.15) is 11.5 Å². The van der Waals surface area contributed by atoms with Crippen molar-refractivity contribution in [1.29, 1.82) is 0 Å². The van der Waals surface area contributed by atoms with Crippen LogP contribution in [0.3, 0.4) is 0 Å². The molecular formula is C23H24F2N6O3S. The Hall–Kier alpha value is -3.59. The van der Waals surface area contributed by atoms with Crippen LogP contribution in [0.5, 0.6) is 5.75 Å². The number of nitrogens with zero attached hydrogens (tertiary/aromatic N) is 3. The van der Waals surface area contributed by atoms with Gasteiger partial charge in [-0.1, -0.05) is 11.8 Å². The number of hydrogen-bond donors (Lipinski definition) is 3. The molecule has 5 rings (SSSR count). The van der Waals surface area contributed by atoms with Gasteiger partial charge in [0.15, 0.2) is 28.7 Å². The summed E-state index contributed by atoms with van der Waals surface area (Å²) >= 11 is 5.30. The van der Waals surface area contributed by atoms with Gasteiger partial charge in [0.2, 0.25) is 0 Å². The summed E-state index contributed by atoms with van der Waals surface area (Å²) in [6, 6.07) is 2.26. The first-order valence-corrected chi connectivity index (χ1v) is 11.7. The molecule has 0 spiro atoms. The standard InChI is InChI=1S/C23H24F2N6O3S/c1-29(22(35)26-12-10-15(24)19(34-2)16(25)11-12)9-3-4-17-27-18-20(28-17)30(13-5-6-13)23(33)31(21(18)32)14-7-8-14/h10-11,13-14,17,27-28H,5-9H2,1-2H3,(H,26,35). The van der Waals surface area contributed by atoms with Gasteiger partial charge >= 0.3 is 5.69 Å². The molecule has 2 heterocycles. The summed E-state index contributed by atoms with van der Waals surface area (Å²) in [5, 5.41) is 9.25. The van der Waals surface area contributed by atoms with Crippen LogP contribution in [0.15, 0.2) is 21.7 Å². The minimum atomic E-state index is -0.844. The molecule has 0 saturated heterocycles. The van der Waals surface area contributed by atoms with Crippen molar-refractivity contribution >= 4 is 34.5 Å². The van der Waals surface area contributed by atoms with Gasteiger partial charge in [0, 0.05) is 37.0 Å². The normalized spacial score (nSPS) is 18.0. The average molecular weight is 503 g/mol. The first-order valence-electron chi connectivity index (χ1n) is 11.3. The van der Waals surface area contributed by atoms with Crippen LogP contribution in [-0.4, -0.2) is 46.0 Å². The molecule has 1 aromatic carbocycles. The Morgan fingerprint density at radius 3 is 2.40 bits per heavy atom. The molecule has 3 N–H and O–H groups in total. The number of fused-ring (bicyclic) bond motifs is 1. The Bertz CT molecular complexity index is 1360. The highest BCUT2D eigenvalue weighted by molar-refractivity contribution is 7.80.